The zero-order chi connectivity index (χ0) is 12.3. The Morgan fingerprint density at radius 1 is 1.25 bits per heavy atom. The Kier molecular flexibility index (Phi) is 3.93. The number of nitrogens with two attached hydrogens (primary N) is 1. The van der Waals surface area contributed by atoms with Gasteiger partial charge in [-0.1, -0.05) is 17.7 Å². The van der Waals surface area contributed by atoms with Crippen LogP contribution in [0.25, 0.3) is 0 Å². The number of hydrogen-bond donors (Lipinski definition) is 1. The van der Waals surface area contributed by atoms with E-state index in [1.807, 2.05) is 0 Å². The number of aryl methyl sites for hydroxylation is 3. The molecule has 0 aromatic heterocycles. The van der Waals surface area contributed by atoms with E-state index in [-0.39, 0.29) is 6.03 Å². The highest BCUT2D eigenvalue weighted by Crippen LogP contribution is 2.17. The first kappa shape index (κ1) is 12.6. The Labute approximate surface area is 97.2 Å². The molecule has 0 aliphatic heterocycles. The van der Waals surface area contributed by atoms with Crippen LogP contribution in [0.4, 0.5) is 4.79 Å². The predicted octanol–water partition coefficient (Wildman–Crippen LogP) is 2.16. The van der Waals surface area contributed by atoms with E-state index in [1.165, 1.54) is 22.3 Å². The Morgan fingerprint density at radius 2 is 1.75 bits per heavy atom. The lowest BCUT2D eigenvalue weighted by molar-refractivity contribution is 0.219. The lowest BCUT2D eigenvalue weighted by Crippen LogP contribution is -2.33. The summed E-state index contributed by atoms with van der Waals surface area (Å²) in [7, 11) is 1.72. The van der Waals surface area contributed by atoms with E-state index in [9.17, 15) is 4.79 Å². The third-order valence-electron chi connectivity index (χ3n) is 2.91. The zero-order valence-electron chi connectivity index (χ0n) is 10.5. The number of amides is 2. The SMILES string of the molecule is Cc1cc(C)c(CCN(C)C(N)=O)c(C)c1. The maximum atomic E-state index is 10.9. The van der Waals surface area contributed by atoms with Crippen molar-refractivity contribution in [3.8, 4) is 0 Å². The third kappa shape index (κ3) is 2.99. The van der Waals surface area contributed by atoms with Gasteiger partial charge in [-0.15, -0.1) is 0 Å². The van der Waals surface area contributed by atoms with Crippen LogP contribution in [0.15, 0.2) is 12.1 Å². The van der Waals surface area contributed by atoms with Crippen molar-refractivity contribution in [1.82, 2.24) is 4.90 Å². The highest BCUT2D eigenvalue weighted by molar-refractivity contribution is 5.71. The summed E-state index contributed by atoms with van der Waals surface area (Å²) in [4.78, 5) is 12.4. The van der Waals surface area contributed by atoms with Gasteiger partial charge < -0.3 is 10.6 Å². The molecule has 0 aliphatic carbocycles. The van der Waals surface area contributed by atoms with Crippen LogP contribution in [0.5, 0.6) is 0 Å². The quantitative estimate of drug-likeness (QED) is 0.833. The first-order valence-electron chi connectivity index (χ1n) is 5.49. The van der Waals surface area contributed by atoms with Crippen molar-refractivity contribution in [2.24, 2.45) is 5.73 Å². The molecule has 1 aromatic carbocycles. The number of benzene rings is 1. The average molecular weight is 220 g/mol. The summed E-state index contributed by atoms with van der Waals surface area (Å²) >= 11 is 0. The summed E-state index contributed by atoms with van der Waals surface area (Å²) in [5.74, 6) is 0. The molecule has 3 nitrogen and oxygen atoms in total. The molecule has 0 bridgehead atoms. The Morgan fingerprint density at radius 3 is 2.19 bits per heavy atom. The van der Waals surface area contributed by atoms with Crippen LogP contribution in [0.2, 0.25) is 0 Å². The summed E-state index contributed by atoms with van der Waals surface area (Å²) < 4.78 is 0. The van der Waals surface area contributed by atoms with Crippen molar-refractivity contribution in [1.29, 1.82) is 0 Å². The summed E-state index contributed by atoms with van der Waals surface area (Å²) in [6.45, 7) is 6.98. The molecule has 0 saturated heterocycles. The number of carbonyl (C=O) groups excluding carboxylic acids is 1. The fourth-order valence-corrected chi connectivity index (χ4v) is 1.99. The molecular formula is C13H20N2O. The van der Waals surface area contributed by atoms with E-state index in [1.54, 1.807) is 11.9 Å². The molecule has 2 amide bonds. The summed E-state index contributed by atoms with van der Waals surface area (Å²) in [5, 5.41) is 0. The molecule has 0 spiro atoms. The van der Waals surface area contributed by atoms with Crippen molar-refractivity contribution in [2.45, 2.75) is 27.2 Å². The largest absolute Gasteiger partial charge is 0.351 e. The molecule has 0 aliphatic rings. The van der Waals surface area contributed by atoms with Crippen molar-refractivity contribution in [2.75, 3.05) is 13.6 Å². The second kappa shape index (κ2) is 5.01. The van der Waals surface area contributed by atoms with Gasteiger partial charge in [0.05, 0.1) is 0 Å². The molecule has 88 valence electrons. The van der Waals surface area contributed by atoms with Crippen LogP contribution in [0.3, 0.4) is 0 Å². The van der Waals surface area contributed by atoms with E-state index < -0.39 is 0 Å². The van der Waals surface area contributed by atoms with Gasteiger partial charge in [-0.3, -0.25) is 0 Å². The first-order chi connectivity index (χ1) is 7.41. The molecule has 0 radical (unpaired) electrons. The number of nitrogens with zero attached hydrogens (tertiary/aromatic N) is 1. The van der Waals surface area contributed by atoms with E-state index in [4.69, 9.17) is 5.73 Å². The van der Waals surface area contributed by atoms with Crippen molar-refractivity contribution in [3.63, 3.8) is 0 Å². The number of likely N-dealkylation sites (N-methyl/N-ethyl adjacent to an activating group) is 1. The maximum absolute atomic E-state index is 10.9. The fourth-order valence-electron chi connectivity index (χ4n) is 1.99. The topological polar surface area (TPSA) is 46.3 Å². The Hall–Kier alpha value is -1.51. The van der Waals surface area contributed by atoms with Gasteiger partial charge in [0.15, 0.2) is 0 Å². The maximum Gasteiger partial charge on any atom is 0.314 e. The third-order valence-corrected chi connectivity index (χ3v) is 2.91. The summed E-state index contributed by atoms with van der Waals surface area (Å²) in [5.41, 5.74) is 10.4. The lowest BCUT2D eigenvalue weighted by atomic mass is 9.97. The van der Waals surface area contributed by atoms with Crippen LogP contribution in [0, 0.1) is 20.8 Å². The monoisotopic (exact) mass is 220 g/mol. The normalized spacial score (nSPS) is 10.2. The van der Waals surface area contributed by atoms with E-state index in [0.717, 1.165) is 6.42 Å². The minimum atomic E-state index is -0.373. The molecular weight excluding hydrogens is 200 g/mol. The molecule has 0 unspecified atom stereocenters. The van der Waals surface area contributed by atoms with E-state index >= 15 is 0 Å². The zero-order valence-corrected chi connectivity index (χ0v) is 10.5. The first-order valence-corrected chi connectivity index (χ1v) is 5.49. The van der Waals surface area contributed by atoms with Crippen LogP contribution < -0.4 is 5.73 Å². The molecule has 0 heterocycles. The van der Waals surface area contributed by atoms with Crippen LogP contribution >= 0.6 is 0 Å². The van der Waals surface area contributed by atoms with E-state index in [2.05, 4.69) is 32.9 Å². The van der Waals surface area contributed by atoms with Gasteiger partial charge in [-0.05, 0) is 43.9 Å². The van der Waals surface area contributed by atoms with Crippen LogP contribution in [-0.2, 0) is 6.42 Å². The number of hydrogen-bond acceptors (Lipinski definition) is 1. The standard InChI is InChI=1S/C13H20N2O/c1-9-7-10(2)12(11(3)8-9)5-6-15(4)13(14)16/h7-8H,5-6H2,1-4H3,(H2,14,16). The number of rotatable bonds is 3. The fraction of sp³-hybridized carbons (Fsp3) is 0.462. The minimum Gasteiger partial charge on any atom is -0.351 e. The van der Waals surface area contributed by atoms with Crippen LogP contribution in [-0.4, -0.2) is 24.5 Å². The van der Waals surface area contributed by atoms with Crippen molar-refractivity contribution in [3.05, 3.63) is 34.4 Å². The Bertz CT molecular complexity index is 376. The predicted molar refractivity (Wildman–Crippen MR) is 66.6 cm³/mol. The van der Waals surface area contributed by atoms with Gasteiger partial charge in [0.1, 0.15) is 0 Å². The van der Waals surface area contributed by atoms with Gasteiger partial charge >= 0.3 is 6.03 Å². The summed E-state index contributed by atoms with van der Waals surface area (Å²) in [6, 6.07) is 3.97. The second-order valence-corrected chi connectivity index (χ2v) is 4.39. The van der Waals surface area contributed by atoms with Gasteiger partial charge in [0.25, 0.3) is 0 Å². The molecule has 1 aromatic rings. The van der Waals surface area contributed by atoms with Crippen molar-refractivity contribution >= 4 is 6.03 Å². The average Bonchev–Trinajstić information content (AvgIpc) is 2.15. The van der Waals surface area contributed by atoms with Gasteiger partial charge in [-0.2, -0.15) is 0 Å². The molecule has 16 heavy (non-hydrogen) atoms. The summed E-state index contributed by atoms with van der Waals surface area (Å²) in [6.07, 6.45) is 0.859. The van der Waals surface area contributed by atoms with Gasteiger partial charge in [0.2, 0.25) is 0 Å². The molecule has 2 N–H and O–H groups in total. The molecule has 0 atom stereocenters. The molecule has 0 saturated carbocycles. The highest BCUT2D eigenvalue weighted by atomic mass is 16.2. The second-order valence-electron chi connectivity index (χ2n) is 4.39. The molecule has 1 rings (SSSR count). The highest BCUT2D eigenvalue weighted by Gasteiger charge is 2.07. The number of carbonyl (C=O) groups is 1. The Balaban J connectivity index is 2.78. The van der Waals surface area contributed by atoms with E-state index in [0.29, 0.717) is 6.54 Å². The lowest BCUT2D eigenvalue weighted by Gasteiger charge is -2.16. The number of primary amides is 1. The van der Waals surface area contributed by atoms with Gasteiger partial charge in [0, 0.05) is 13.6 Å². The molecule has 3 heteroatoms. The van der Waals surface area contributed by atoms with Crippen LogP contribution in [0.1, 0.15) is 22.3 Å². The van der Waals surface area contributed by atoms with Crippen molar-refractivity contribution < 1.29 is 4.79 Å². The number of urea groups is 1. The smallest absolute Gasteiger partial charge is 0.314 e. The molecule has 0 fully saturated rings. The minimum absolute atomic E-state index is 0.373. The van der Waals surface area contributed by atoms with Gasteiger partial charge in [-0.25, -0.2) is 4.79 Å².